The fraction of sp³-hybridized carbons (Fsp3) is 0.269. The van der Waals surface area contributed by atoms with Crippen LogP contribution < -0.4 is 10.2 Å². The highest BCUT2D eigenvalue weighted by atomic mass is 32.1. The van der Waals surface area contributed by atoms with E-state index in [-0.39, 0.29) is 11.8 Å². The SMILES string of the molecule is O=C(Cn1cc(C=C2NC(=S)N(c3ccccc3)C2=O)c2ccccc21)N1CCCCCC1. The Morgan fingerprint density at radius 2 is 1.67 bits per heavy atom. The van der Waals surface area contributed by atoms with Crippen LogP contribution in [0.25, 0.3) is 17.0 Å². The smallest absolute Gasteiger partial charge is 0.281 e. The predicted octanol–water partition coefficient (Wildman–Crippen LogP) is 4.31. The molecule has 3 aromatic rings. The average Bonchev–Trinajstić information content (AvgIpc) is 3.15. The molecule has 5 rings (SSSR count). The lowest BCUT2D eigenvalue weighted by molar-refractivity contribution is -0.131. The van der Waals surface area contributed by atoms with E-state index in [1.165, 1.54) is 17.7 Å². The lowest BCUT2D eigenvalue weighted by Crippen LogP contribution is -2.34. The molecule has 2 aliphatic rings. The van der Waals surface area contributed by atoms with Crippen molar-refractivity contribution in [1.29, 1.82) is 0 Å². The van der Waals surface area contributed by atoms with Crippen molar-refractivity contribution < 1.29 is 9.59 Å². The monoisotopic (exact) mass is 458 g/mol. The minimum atomic E-state index is -0.191. The van der Waals surface area contributed by atoms with Crippen LogP contribution in [0.4, 0.5) is 5.69 Å². The summed E-state index contributed by atoms with van der Waals surface area (Å²) in [7, 11) is 0. The molecule has 0 saturated carbocycles. The van der Waals surface area contributed by atoms with Crippen molar-refractivity contribution in [3.8, 4) is 0 Å². The number of amides is 2. The number of carbonyl (C=O) groups excluding carboxylic acids is 2. The molecular formula is C26H26N4O2S. The zero-order chi connectivity index (χ0) is 22.8. The number of hydrogen-bond donors (Lipinski definition) is 1. The summed E-state index contributed by atoms with van der Waals surface area (Å²) < 4.78 is 1.99. The van der Waals surface area contributed by atoms with Crippen molar-refractivity contribution in [2.24, 2.45) is 0 Å². The first-order valence-electron chi connectivity index (χ1n) is 11.4. The number of para-hydroxylation sites is 2. The van der Waals surface area contributed by atoms with E-state index < -0.39 is 0 Å². The van der Waals surface area contributed by atoms with Crippen LogP contribution in [0.1, 0.15) is 31.2 Å². The van der Waals surface area contributed by atoms with E-state index in [0.717, 1.165) is 48.1 Å². The summed E-state index contributed by atoms with van der Waals surface area (Å²) >= 11 is 5.43. The van der Waals surface area contributed by atoms with Gasteiger partial charge in [-0.1, -0.05) is 49.2 Å². The molecular weight excluding hydrogens is 432 g/mol. The molecule has 0 unspecified atom stereocenters. The van der Waals surface area contributed by atoms with Gasteiger partial charge in [-0.3, -0.25) is 14.5 Å². The molecule has 7 heteroatoms. The van der Waals surface area contributed by atoms with E-state index in [1.807, 2.05) is 76.3 Å². The van der Waals surface area contributed by atoms with Gasteiger partial charge in [-0.05, 0) is 49.3 Å². The van der Waals surface area contributed by atoms with Gasteiger partial charge in [-0.15, -0.1) is 0 Å². The Hall–Kier alpha value is -3.45. The van der Waals surface area contributed by atoms with Gasteiger partial charge in [-0.25, -0.2) is 0 Å². The van der Waals surface area contributed by atoms with E-state index in [4.69, 9.17) is 12.2 Å². The van der Waals surface area contributed by atoms with Crippen LogP contribution in [0.15, 0.2) is 66.5 Å². The highest BCUT2D eigenvalue weighted by Crippen LogP contribution is 2.27. The standard InChI is InChI=1S/C26H26N4O2S/c31-24(28-14-8-1-2-9-15-28)18-29-17-19(21-12-6-7-13-23(21)29)16-22-25(32)30(26(33)27-22)20-10-4-3-5-11-20/h3-7,10-13,16-17H,1-2,8-9,14-15,18H2,(H,27,33). The van der Waals surface area contributed by atoms with E-state index in [2.05, 4.69) is 5.32 Å². The molecule has 33 heavy (non-hydrogen) atoms. The quantitative estimate of drug-likeness (QED) is 0.468. The third kappa shape index (κ3) is 4.28. The minimum Gasteiger partial charge on any atom is -0.341 e. The Kier molecular flexibility index (Phi) is 5.96. The molecule has 2 aliphatic heterocycles. The van der Waals surface area contributed by atoms with E-state index in [9.17, 15) is 9.59 Å². The topological polar surface area (TPSA) is 57.6 Å². The number of nitrogens with zero attached hydrogens (tertiary/aromatic N) is 3. The molecule has 0 aliphatic carbocycles. The first kappa shape index (κ1) is 21.4. The first-order chi connectivity index (χ1) is 16.1. The summed E-state index contributed by atoms with van der Waals surface area (Å²) in [5.74, 6) is -0.0490. The molecule has 0 atom stereocenters. The van der Waals surface area contributed by atoms with Gasteiger partial charge in [-0.2, -0.15) is 0 Å². The number of fused-ring (bicyclic) bond motifs is 1. The van der Waals surface area contributed by atoms with Crippen LogP contribution in [0, 0.1) is 0 Å². The molecule has 168 valence electrons. The van der Waals surface area contributed by atoms with Crippen molar-refractivity contribution in [2.75, 3.05) is 18.0 Å². The number of thiocarbonyl (C=S) groups is 1. The molecule has 0 spiro atoms. The number of rotatable bonds is 4. The average molecular weight is 459 g/mol. The number of carbonyl (C=O) groups is 2. The molecule has 2 amide bonds. The number of benzene rings is 2. The second kappa shape index (κ2) is 9.19. The fourth-order valence-electron chi connectivity index (χ4n) is 4.59. The molecule has 1 aromatic heterocycles. The molecule has 0 bridgehead atoms. The van der Waals surface area contributed by atoms with Crippen LogP contribution in [0.3, 0.4) is 0 Å². The Morgan fingerprint density at radius 1 is 0.970 bits per heavy atom. The maximum absolute atomic E-state index is 13.1. The zero-order valence-electron chi connectivity index (χ0n) is 18.4. The summed E-state index contributed by atoms with van der Waals surface area (Å²) in [6.07, 6.45) is 8.30. The molecule has 0 radical (unpaired) electrons. The maximum Gasteiger partial charge on any atom is 0.281 e. The van der Waals surface area contributed by atoms with Crippen LogP contribution in [0.2, 0.25) is 0 Å². The van der Waals surface area contributed by atoms with Gasteiger partial charge >= 0.3 is 0 Å². The van der Waals surface area contributed by atoms with Gasteiger partial charge < -0.3 is 14.8 Å². The molecule has 2 aromatic carbocycles. The van der Waals surface area contributed by atoms with Crippen molar-refractivity contribution in [3.05, 3.63) is 72.1 Å². The number of aromatic nitrogens is 1. The fourth-order valence-corrected chi connectivity index (χ4v) is 4.89. The zero-order valence-corrected chi connectivity index (χ0v) is 19.2. The number of anilines is 1. The number of hydrogen-bond acceptors (Lipinski definition) is 3. The lowest BCUT2D eigenvalue weighted by Gasteiger charge is -2.20. The molecule has 1 N–H and O–H groups in total. The van der Waals surface area contributed by atoms with Gasteiger partial charge in [0.05, 0.1) is 5.69 Å². The summed E-state index contributed by atoms with van der Waals surface area (Å²) in [5.41, 5.74) is 3.00. The van der Waals surface area contributed by atoms with Gasteiger partial charge in [0.15, 0.2) is 5.11 Å². The normalized spacial score (nSPS) is 18.1. The maximum atomic E-state index is 13.1. The third-order valence-corrected chi connectivity index (χ3v) is 6.56. The van der Waals surface area contributed by atoms with Gasteiger partial charge in [0.1, 0.15) is 12.2 Å². The van der Waals surface area contributed by atoms with Crippen LogP contribution in [-0.2, 0) is 16.1 Å². The second-order valence-electron chi connectivity index (χ2n) is 8.49. The highest BCUT2D eigenvalue weighted by molar-refractivity contribution is 7.80. The minimum absolute atomic E-state index is 0.142. The van der Waals surface area contributed by atoms with E-state index in [1.54, 1.807) is 0 Å². The van der Waals surface area contributed by atoms with E-state index >= 15 is 0 Å². The summed E-state index contributed by atoms with van der Waals surface area (Å²) in [6.45, 7) is 1.96. The van der Waals surface area contributed by atoms with Crippen LogP contribution in [0.5, 0.6) is 0 Å². The van der Waals surface area contributed by atoms with Gasteiger partial charge in [0, 0.05) is 35.8 Å². The van der Waals surface area contributed by atoms with Crippen LogP contribution in [-0.4, -0.2) is 39.5 Å². The lowest BCUT2D eigenvalue weighted by atomic mass is 10.1. The predicted molar refractivity (Wildman–Crippen MR) is 135 cm³/mol. The van der Waals surface area contributed by atoms with Crippen LogP contribution >= 0.6 is 12.2 Å². The van der Waals surface area contributed by atoms with Gasteiger partial charge in [0.25, 0.3) is 5.91 Å². The Morgan fingerprint density at radius 3 is 2.42 bits per heavy atom. The Labute approximate surface area is 198 Å². The third-order valence-electron chi connectivity index (χ3n) is 6.28. The van der Waals surface area contributed by atoms with Crippen molar-refractivity contribution in [3.63, 3.8) is 0 Å². The largest absolute Gasteiger partial charge is 0.341 e. The molecule has 6 nitrogen and oxygen atoms in total. The summed E-state index contributed by atoms with van der Waals surface area (Å²) in [6, 6.07) is 17.3. The van der Waals surface area contributed by atoms with E-state index in [0.29, 0.717) is 17.4 Å². The highest BCUT2D eigenvalue weighted by Gasteiger charge is 2.32. The number of likely N-dealkylation sites (tertiary alicyclic amines) is 1. The Balaban J connectivity index is 1.44. The van der Waals surface area contributed by atoms with Crippen molar-refractivity contribution in [2.45, 2.75) is 32.2 Å². The van der Waals surface area contributed by atoms with Crippen molar-refractivity contribution in [1.82, 2.24) is 14.8 Å². The molecule has 2 saturated heterocycles. The second-order valence-corrected chi connectivity index (χ2v) is 8.88. The summed E-state index contributed by atoms with van der Waals surface area (Å²) in [5, 5.41) is 4.41. The first-order valence-corrected chi connectivity index (χ1v) is 11.8. The van der Waals surface area contributed by atoms with Gasteiger partial charge in [0.2, 0.25) is 5.91 Å². The Bertz CT molecular complexity index is 1240. The molecule has 2 fully saturated rings. The van der Waals surface area contributed by atoms with Crippen molar-refractivity contribution >= 4 is 51.8 Å². The molecule has 3 heterocycles. The number of nitrogens with one attached hydrogen (secondary N) is 1. The summed E-state index contributed by atoms with van der Waals surface area (Å²) in [4.78, 5) is 29.6.